The lowest BCUT2D eigenvalue weighted by atomic mass is 10.3. The topological polar surface area (TPSA) is 30.7 Å². The Bertz CT molecular complexity index is 584. The van der Waals surface area contributed by atoms with Crippen molar-refractivity contribution in [2.75, 3.05) is 0 Å². The fourth-order valence-electron chi connectivity index (χ4n) is 1.68. The van der Waals surface area contributed by atoms with E-state index in [-0.39, 0.29) is 0 Å². The third-order valence-electron chi connectivity index (χ3n) is 2.38. The van der Waals surface area contributed by atoms with Crippen LogP contribution in [0.2, 0.25) is 0 Å². The average molecular weight is 195 g/mol. The Morgan fingerprint density at radius 2 is 1.87 bits per heavy atom. The lowest BCUT2D eigenvalue weighted by Gasteiger charge is -2.02. The van der Waals surface area contributed by atoms with Crippen molar-refractivity contribution < 1.29 is 0 Å². The normalized spacial score (nSPS) is 10.7. The van der Waals surface area contributed by atoms with E-state index in [9.17, 15) is 0 Å². The Balaban J connectivity index is 2.28. The van der Waals surface area contributed by atoms with E-state index in [1.165, 1.54) is 0 Å². The number of rotatable bonds is 1. The van der Waals surface area contributed by atoms with Crippen molar-refractivity contribution in [2.24, 2.45) is 0 Å². The van der Waals surface area contributed by atoms with Crippen molar-refractivity contribution in [3.63, 3.8) is 0 Å². The van der Waals surface area contributed by atoms with Crippen LogP contribution in [0.15, 0.2) is 55.1 Å². The van der Waals surface area contributed by atoms with Gasteiger partial charge in [-0.15, -0.1) is 0 Å². The number of hydrogen-bond acceptors (Lipinski definition) is 2. The van der Waals surface area contributed by atoms with Crippen LogP contribution in [0.1, 0.15) is 0 Å². The number of hydrogen-bond donors (Lipinski definition) is 0. The Morgan fingerprint density at radius 1 is 1.00 bits per heavy atom. The fraction of sp³-hybridized carbons (Fsp3) is 0. The molecule has 0 bridgehead atoms. The Labute approximate surface area is 87.0 Å². The molecule has 0 N–H and O–H groups in total. The second kappa shape index (κ2) is 3.20. The van der Waals surface area contributed by atoms with Gasteiger partial charge in [0, 0.05) is 23.5 Å². The summed E-state index contributed by atoms with van der Waals surface area (Å²) in [5.74, 6) is 0. The van der Waals surface area contributed by atoms with Gasteiger partial charge in [0.15, 0.2) is 0 Å². The molecule has 0 saturated carbocycles. The minimum absolute atomic E-state index is 0.941. The van der Waals surface area contributed by atoms with E-state index in [1.54, 1.807) is 6.33 Å². The molecule has 0 aliphatic carbocycles. The summed E-state index contributed by atoms with van der Waals surface area (Å²) >= 11 is 0. The predicted molar refractivity (Wildman–Crippen MR) is 58.9 cm³/mol. The zero-order chi connectivity index (χ0) is 10.1. The van der Waals surface area contributed by atoms with Crippen LogP contribution in [-0.4, -0.2) is 14.5 Å². The van der Waals surface area contributed by atoms with Crippen LogP contribution in [0.4, 0.5) is 0 Å². The summed E-state index contributed by atoms with van der Waals surface area (Å²) < 4.78 is 2.05. The number of benzene rings is 1. The van der Waals surface area contributed by atoms with Crippen LogP contribution in [0.25, 0.3) is 16.7 Å². The summed E-state index contributed by atoms with van der Waals surface area (Å²) in [6.07, 6.45) is 5.40. The Hall–Kier alpha value is -2.16. The van der Waals surface area contributed by atoms with E-state index in [2.05, 4.69) is 26.7 Å². The van der Waals surface area contributed by atoms with Crippen LogP contribution in [0.3, 0.4) is 0 Å². The van der Waals surface area contributed by atoms with Crippen molar-refractivity contribution in [3.8, 4) is 5.69 Å². The molecule has 0 unspecified atom stereocenters. The third kappa shape index (κ3) is 1.29. The van der Waals surface area contributed by atoms with Gasteiger partial charge in [0.1, 0.15) is 12.0 Å². The van der Waals surface area contributed by atoms with Gasteiger partial charge < -0.3 is 4.57 Å². The van der Waals surface area contributed by atoms with Crippen molar-refractivity contribution in [2.45, 2.75) is 0 Å². The molecule has 0 spiro atoms. The monoisotopic (exact) mass is 195 g/mol. The van der Waals surface area contributed by atoms with Gasteiger partial charge >= 0.3 is 0 Å². The first-order chi connectivity index (χ1) is 7.45. The largest absolute Gasteiger partial charge is 0.301 e. The quantitative estimate of drug-likeness (QED) is 0.597. The van der Waals surface area contributed by atoms with E-state index in [1.807, 2.05) is 36.7 Å². The average Bonchev–Trinajstić information content (AvgIpc) is 2.74. The molecule has 1 aromatic carbocycles. The maximum atomic E-state index is 4.27. The fourth-order valence-corrected chi connectivity index (χ4v) is 1.68. The van der Waals surface area contributed by atoms with Crippen molar-refractivity contribution in [3.05, 3.63) is 55.1 Å². The molecule has 0 fully saturated rings. The molecule has 3 nitrogen and oxygen atoms in total. The van der Waals surface area contributed by atoms with Crippen LogP contribution in [0, 0.1) is 0 Å². The molecule has 72 valence electrons. The van der Waals surface area contributed by atoms with E-state index in [0.29, 0.717) is 0 Å². The minimum Gasteiger partial charge on any atom is -0.301 e. The van der Waals surface area contributed by atoms with Crippen LogP contribution in [-0.2, 0) is 0 Å². The predicted octanol–water partition coefficient (Wildman–Crippen LogP) is 2.42. The highest BCUT2D eigenvalue weighted by molar-refractivity contribution is 5.76. The Morgan fingerprint density at radius 3 is 2.73 bits per heavy atom. The lowest BCUT2D eigenvalue weighted by molar-refractivity contribution is 1.08. The molecule has 0 saturated heterocycles. The van der Waals surface area contributed by atoms with E-state index in [4.69, 9.17) is 0 Å². The van der Waals surface area contributed by atoms with Crippen LogP contribution < -0.4 is 0 Å². The van der Waals surface area contributed by atoms with Gasteiger partial charge in [-0.1, -0.05) is 18.2 Å². The molecule has 15 heavy (non-hydrogen) atoms. The third-order valence-corrected chi connectivity index (χ3v) is 2.38. The van der Waals surface area contributed by atoms with Crippen molar-refractivity contribution in [1.29, 1.82) is 0 Å². The SMILES string of the molecule is c1ccc(-n2ccc3cncnc32)cc1. The van der Waals surface area contributed by atoms with Crippen molar-refractivity contribution in [1.82, 2.24) is 14.5 Å². The van der Waals surface area contributed by atoms with Crippen LogP contribution >= 0.6 is 0 Å². The smallest absolute Gasteiger partial charge is 0.147 e. The molecule has 3 aromatic rings. The molecule has 0 radical (unpaired) electrons. The highest BCUT2D eigenvalue weighted by atomic mass is 15.0. The van der Waals surface area contributed by atoms with Gasteiger partial charge in [0.25, 0.3) is 0 Å². The standard InChI is InChI=1S/C12H9N3/c1-2-4-11(5-3-1)15-7-6-10-8-13-9-14-12(10)15/h1-9H. The molecule has 2 aromatic heterocycles. The number of fused-ring (bicyclic) bond motifs is 1. The minimum atomic E-state index is 0.941. The second-order valence-electron chi connectivity index (χ2n) is 3.32. The van der Waals surface area contributed by atoms with E-state index < -0.39 is 0 Å². The van der Waals surface area contributed by atoms with Gasteiger partial charge in [0.05, 0.1) is 0 Å². The summed E-state index contributed by atoms with van der Waals surface area (Å²) in [5, 5.41) is 1.06. The molecular formula is C12H9N3. The molecule has 3 heteroatoms. The Kier molecular flexibility index (Phi) is 1.75. The first-order valence-corrected chi connectivity index (χ1v) is 4.77. The number of para-hydroxylation sites is 1. The van der Waals surface area contributed by atoms with E-state index >= 15 is 0 Å². The number of aromatic nitrogens is 3. The van der Waals surface area contributed by atoms with Gasteiger partial charge in [-0.05, 0) is 18.2 Å². The van der Waals surface area contributed by atoms with Crippen LogP contribution in [0.5, 0.6) is 0 Å². The number of nitrogens with zero attached hydrogens (tertiary/aromatic N) is 3. The summed E-state index contributed by atoms with van der Waals surface area (Å²) in [4.78, 5) is 8.26. The first kappa shape index (κ1) is 8.17. The first-order valence-electron chi connectivity index (χ1n) is 4.77. The summed E-state index contributed by atoms with van der Waals surface area (Å²) in [5.41, 5.74) is 2.06. The molecule has 0 atom stereocenters. The summed E-state index contributed by atoms with van der Waals surface area (Å²) in [7, 11) is 0. The molecule has 3 rings (SSSR count). The maximum absolute atomic E-state index is 4.27. The molecule has 2 heterocycles. The molecule has 0 amide bonds. The lowest BCUT2D eigenvalue weighted by Crippen LogP contribution is -1.92. The van der Waals surface area contributed by atoms with Gasteiger partial charge in [0.2, 0.25) is 0 Å². The summed E-state index contributed by atoms with van der Waals surface area (Å²) in [6.45, 7) is 0. The zero-order valence-corrected chi connectivity index (χ0v) is 8.04. The molecule has 0 aliphatic heterocycles. The van der Waals surface area contributed by atoms with Gasteiger partial charge in [-0.2, -0.15) is 0 Å². The van der Waals surface area contributed by atoms with E-state index in [0.717, 1.165) is 16.7 Å². The summed E-state index contributed by atoms with van der Waals surface area (Å²) in [6, 6.07) is 12.2. The highest BCUT2D eigenvalue weighted by Gasteiger charge is 2.02. The molecular weight excluding hydrogens is 186 g/mol. The van der Waals surface area contributed by atoms with Gasteiger partial charge in [-0.3, -0.25) is 0 Å². The zero-order valence-electron chi connectivity index (χ0n) is 8.04. The maximum Gasteiger partial charge on any atom is 0.147 e. The van der Waals surface area contributed by atoms with Crippen molar-refractivity contribution >= 4 is 11.0 Å². The molecule has 0 aliphatic rings. The van der Waals surface area contributed by atoms with Gasteiger partial charge in [-0.25, -0.2) is 9.97 Å². The second-order valence-corrected chi connectivity index (χ2v) is 3.32. The highest BCUT2D eigenvalue weighted by Crippen LogP contribution is 2.16.